The molecule has 0 amide bonds. The maximum atomic E-state index is 14.4. The Hall–Kier alpha value is -2.19. The van der Waals surface area contributed by atoms with E-state index < -0.39 is 41.0 Å². The number of hydrogen-bond acceptors (Lipinski definition) is 5. The quantitative estimate of drug-likeness (QED) is 0.602. The maximum Gasteiger partial charge on any atom is 0.340 e. The van der Waals surface area contributed by atoms with E-state index >= 15 is 0 Å². The van der Waals surface area contributed by atoms with Gasteiger partial charge in [-0.25, -0.2) is 9.18 Å². The lowest BCUT2D eigenvalue weighted by atomic mass is 10.0. The van der Waals surface area contributed by atoms with Crippen molar-refractivity contribution in [1.29, 1.82) is 0 Å². The molecule has 2 aromatic rings. The van der Waals surface area contributed by atoms with Gasteiger partial charge in [0, 0.05) is 5.39 Å². The highest BCUT2D eigenvalue weighted by Gasteiger charge is 2.22. The van der Waals surface area contributed by atoms with Crippen LogP contribution < -0.4 is 16.1 Å². The summed E-state index contributed by atoms with van der Waals surface area (Å²) in [5, 5.41) is 8.79. The van der Waals surface area contributed by atoms with E-state index in [-0.39, 0.29) is 35.5 Å². The Morgan fingerprint density at radius 3 is 2.67 bits per heavy atom. The Balaban J connectivity index is 0.00000288. The molecule has 24 heavy (non-hydrogen) atoms. The number of carboxylic acids is 1. The summed E-state index contributed by atoms with van der Waals surface area (Å²) in [7, 11) is 0. The lowest BCUT2D eigenvalue weighted by molar-refractivity contribution is -0.136. The molecule has 0 atom stereocenters. The third kappa shape index (κ3) is 3.82. The van der Waals surface area contributed by atoms with E-state index in [0.717, 1.165) is 6.07 Å². The number of carboxylic acid groups (broad SMARTS) is 1. The average molecular weight is 364 g/mol. The van der Waals surface area contributed by atoms with Gasteiger partial charge in [0.1, 0.15) is 0 Å². The van der Waals surface area contributed by atoms with Crippen molar-refractivity contribution in [3.63, 3.8) is 0 Å². The molecule has 1 heterocycles. The molecule has 9 heteroatoms. The molecule has 3 N–H and O–H groups in total. The van der Waals surface area contributed by atoms with Crippen LogP contribution in [0.2, 0.25) is 0 Å². The molecule has 0 aliphatic carbocycles. The van der Waals surface area contributed by atoms with Crippen LogP contribution in [-0.2, 0) is 11.2 Å². The van der Waals surface area contributed by atoms with Gasteiger partial charge in [-0.3, -0.25) is 4.79 Å². The molecule has 0 aliphatic heterocycles. The van der Waals surface area contributed by atoms with E-state index in [1.807, 2.05) is 0 Å². The zero-order valence-corrected chi connectivity index (χ0v) is 13.5. The highest BCUT2D eigenvalue weighted by Crippen LogP contribution is 2.31. The van der Waals surface area contributed by atoms with Crippen LogP contribution in [0.3, 0.4) is 0 Å². The topological polar surface area (TPSA) is 103 Å². The van der Waals surface area contributed by atoms with Gasteiger partial charge in [-0.2, -0.15) is 4.39 Å². The molecule has 2 rings (SSSR count). The summed E-state index contributed by atoms with van der Waals surface area (Å²) in [4.78, 5) is 22.6. The van der Waals surface area contributed by atoms with Gasteiger partial charge in [0.2, 0.25) is 5.82 Å². The summed E-state index contributed by atoms with van der Waals surface area (Å²) in [6.07, 6.45) is -0.195. The monoisotopic (exact) mass is 363 g/mol. The van der Waals surface area contributed by atoms with E-state index in [4.69, 9.17) is 20.0 Å². The Bertz CT molecular complexity index is 822. The van der Waals surface area contributed by atoms with Crippen molar-refractivity contribution < 1.29 is 27.8 Å². The minimum atomic E-state index is -1.25. The first-order valence-electron chi connectivity index (χ1n) is 6.85. The first kappa shape index (κ1) is 19.9. The molecule has 0 spiro atoms. The minimum absolute atomic E-state index is 0. The first-order valence-corrected chi connectivity index (χ1v) is 6.85. The Morgan fingerprint density at radius 2 is 2.08 bits per heavy atom. The second-order valence-electron chi connectivity index (χ2n) is 4.93. The van der Waals surface area contributed by atoms with E-state index in [9.17, 15) is 18.4 Å². The molecule has 0 aliphatic rings. The van der Waals surface area contributed by atoms with Crippen molar-refractivity contribution in [2.24, 2.45) is 5.73 Å². The van der Waals surface area contributed by atoms with Crippen LogP contribution in [0.25, 0.3) is 11.0 Å². The number of hydrogen-bond donors (Lipinski definition) is 2. The molecular formula is C15H16ClF2NO5. The molecule has 0 bridgehead atoms. The van der Waals surface area contributed by atoms with Gasteiger partial charge >= 0.3 is 11.6 Å². The van der Waals surface area contributed by atoms with E-state index in [0.29, 0.717) is 13.0 Å². The zero-order chi connectivity index (χ0) is 17.1. The van der Waals surface area contributed by atoms with Crippen molar-refractivity contribution in [1.82, 2.24) is 0 Å². The first-order chi connectivity index (χ1) is 10.9. The van der Waals surface area contributed by atoms with Crippen molar-refractivity contribution in [2.75, 3.05) is 13.2 Å². The summed E-state index contributed by atoms with van der Waals surface area (Å²) in [5.41, 5.74) is 3.84. The largest absolute Gasteiger partial charge is 0.487 e. The van der Waals surface area contributed by atoms with Gasteiger partial charge in [-0.15, -0.1) is 12.4 Å². The molecular weight excluding hydrogens is 348 g/mol. The Morgan fingerprint density at radius 1 is 1.42 bits per heavy atom. The number of halogens is 3. The second kappa shape index (κ2) is 8.07. The minimum Gasteiger partial charge on any atom is -0.487 e. The van der Waals surface area contributed by atoms with E-state index in [2.05, 4.69) is 0 Å². The van der Waals surface area contributed by atoms with Crippen molar-refractivity contribution in [2.45, 2.75) is 19.8 Å². The van der Waals surface area contributed by atoms with Gasteiger partial charge in [0.15, 0.2) is 17.1 Å². The molecule has 0 unspecified atom stereocenters. The molecule has 0 saturated carbocycles. The maximum absolute atomic E-state index is 14.4. The van der Waals surface area contributed by atoms with Gasteiger partial charge < -0.3 is 20.0 Å². The fraction of sp³-hybridized carbons (Fsp3) is 0.333. The number of rotatable bonds is 6. The number of ether oxygens (including phenoxy) is 1. The summed E-state index contributed by atoms with van der Waals surface area (Å²) < 4.78 is 38.3. The number of aliphatic carboxylic acids is 1. The number of aryl methyl sites for hydroxylation is 1. The summed E-state index contributed by atoms with van der Waals surface area (Å²) in [5.74, 6) is -4.01. The van der Waals surface area contributed by atoms with Crippen LogP contribution in [0.5, 0.6) is 5.75 Å². The van der Waals surface area contributed by atoms with E-state index in [1.54, 1.807) is 0 Å². The normalized spacial score (nSPS) is 10.5. The van der Waals surface area contributed by atoms with Crippen LogP contribution in [0.1, 0.15) is 17.5 Å². The highest BCUT2D eigenvalue weighted by molar-refractivity contribution is 5.85. The fourth-order valence-electron chi connectivity index (χ4n) is 2.18. The molecule has 6 nitrogen and oxygen atoms in total. The smallest absolute Gasteiger partial charge is 0.340 e. The second-order valence-corrected chi connectivity index (χ2v) is 4.93. The summed E-state index contributed by atoms with van der Waals surface area (Å²) in [6.45, 7) is 1.71. The Kier molecular flexibility index (Phi) is 6.68. The van der Waals surface area contributed by atoms with Crippen LogP contribution in [0.15, 0.2) is 15.3 Å². The number of benzene rings is 1. The SMILES string of the molecule is Cc1c(CC(=O)O)c(=O)oc2c(F)c(OCCCN)c(F)cc12.Cl. The zero-order valence-electron chi connectivity index (χ0n) is 12.7. The van der Waals surface area contributed by atoms with Crippen molar-refractivity contribution in [3.05, 3.63) is 39.2 Å². The highest BCUT2D eigenvalue weighted by atomic mass is 35.5. The number of fused-ring (bicyclic) bond motifs is 1. The summed E-state index contributed by atoms with van der Waals surface area (Å²) in [6, 6.07) is 0.958. The molecule has 1 aromatic carbocycles. The van der Waals surface area contributed by atoms with Crippen molar-refractivity contribution in [3.8, 4) is 5.75 Å². The predicted octanol–water partition coefficient (Wildman–Crippen LogP) is 2.16. The molecule has 0 radical (unpaired) electrons. The Labute approximate surface area is 141 Å². The fourth-order valence-corrected chi connectivity index (χ4v) is 2.18. The summed E-state index contributed by atoms with van der Waals surface area (Å²) >= 11 is 0. The number of nitrogens with two attached hydrogens (primary N) is 1. The predicted molar refractivity (Wildman–Crippen MR) is 84.9 cm³/mol. The van der Waals surface area contributed by atoms with Crippen molar-refractivity contribution >= 4 is 29.3 Å². The third-order valence-corrected chi connectivity index (χ3v) is 3.35. The van der Waals surface area contributed by atoms with E-state index in [1.165, 1.54) is 6.92 Å². The molecule has 132 valence electrons. The van der Waals surface area contributed by atoms with Gasteiger partial charge in [-0.05, 0) is 31.5 Å². The van der Waals surface area contributed by atoms with Gasteiger partial charge in [0.25, 0.3) is 0 Å². The molecule has 1 aromatic heterocycles. The lowest BCUT2D eigenvalue weighted by Crippen LogP contribution is -2.15. The van der Waals surface area contributed by atoms with Gasteiger partial charge in [0.05, 0.1) is 18.6 Å². The molecule has 0 saturated heterocycles. The van der Waals surface area contributed by atoms with Crippen LogP contribution in [-0.4, -0.2) is 24.2 Å². The van der Waals surface area contributed by atoms with Gasteiger partial charge in [-0.1, -0.05) is 0 Å². The number of carbonyl (C=O) groups is 1. The van der Waals surface area contributed by atoms with Crippen LogP contribution in [0.4, 0.5) is 8.78 Å². The average Bonchev–Trinajstić information content (AvgIpc) is 2.48. The lowest BCUT2D eigenvalue weighted by Gasteiger charge is -2.11. The standard InChI is InChI=1S/C15H15F2NO5.ClH/c1-7-8-5-10(16)14(22-4-2-3-18)12(17)13(8)23-15(21)9(7)6-11(19)20;/h5H,2-4,6,18H2,1H3,(H,19,20);1H. The molecule has 0 fully saturated rings. The third-order valence-electron chi connectivity index (χ3n) is 3.35. The van der Waals surface area contributed by atoms with Crippen LogP contribution in [0, 0.1) is 18.6 Å². The van der Waals surface area contributed by atoms with Crippen LogP contribution >= 0.6 is 12.4 Å².